The zero-order valence-corrected chi connectivity index (χ0v) is 21.2. The molecule has 2 heterocycles. The summed E-state index contributed by atoms with van der Waals surface area (Å²) in [6.45, 7) is 5.86. The molecule has 0 N–H and O–H groups in total. The molecule has 36 heavy (non-hydrogen) atoms. The van der Waals surface area contributed by atoms with Crippen LogP contribution in [0.4, 0.5) is 11.5 Å². The highest BCUT2D eigenvalue weighted by Gasteiger charge is 2.33. The van der Waals surface area contributed by atoms with Gasteiger partial charge in [0.25, 0.3) is 0 Å². The number of aromatic nitrogens is 1. The normalized spacial score (nSPS) is 16.6. The quantitative estimate of drug-likeness (QED) is 0.363. The van der Waals surface area contributed by atoms with Gasteiger partial charge in [0, 0.05) is 43.0 Å². The molecule has 0 spiro atoms. The van der Waals surface area contributed by atoms with Crippen LogP contribution >= 0.6 is 0 Å². The summed E-state index contributed by atoms with van der Waals surface area (Å²) in [4.78, 5) is 10.2. The molecule has 1 aromatic heterocycles. The average molecular weight is 482 g/mol. The third-order valence-corrected chi connectivity index (χ3v) is 7.65. The Morgan fingerprint density at radius 1 is 0.722 bits per heavy atom. The fourth-order valence-electron chi connectivity index (χ4n) is 5.82. The maximum Gasteiger partial charge on any atom is 0.161 e. The highest BCUT2D eigenvalue weighted by Crippen LogP contribution is 2.51. The fraction of sp³-hybridized carbons (Fsp3) is 0.300. The number of benzene rings is 3. The van der Waals surface area contributed by atoms with E-state index in [0.717, 1.165) is 66.2 Å². The van der Waals surface area contributed by atoms with Crippen molar-refractivity contribution in [2.75, 3.05) is 57.3 Å². The lowest BCUT2D eigenvalue weighted by atomic mass is 9.95. The standard InChI is InChI=1S/C30H31N3O3/c1-19-22-17-26(35-3)27(36-4)18-23(22)29-28(19)20-9-5-6-10-21(20)30(31-29)33-15-13-32(14-16-33)24-11-7-8-12-25(24)34-2/h5-12,17-19H,13-16H2,1-4H3. The van der Waals surface area contributed by atoms with Crippen molar-refractivity contribution in [3.05, 3.63) is 71.8 Å². The summed E-state index contributed by atoms with van der Waals surface area (Å²) >= 11 is 0. The van der Waals surface area contributed by atoms with Crippen molar-refractivity contribution in [1.29, 1.82) is 0 Å². The number of ether oxygens (including phenoxy) is 3. The van der Waals surface area contributed by atoms with Crippen molar-refractivity contribution in [2.24, 2.45) is 0 Å². The lowest BCUT2D eigenvalue weighted by Gasteiger charge is -2.37. The third kappa shape index (κ3) is 3.43. The molecule has 1 saturated heterocycles. The molecular weight excluding hydrogens is 450 g/mol. The Morgan fingerprint density at radius 3 is 2.06 bits per heavy atom. The molecule has 1 atom stereocenters. The SMILES string of the molecule is COc1cc2c(cc1OC)C(C)c1c-2nc(N2CCN(c3ccccc3OC)CC2)c2ccccc12. The smallest absolute Gasteiger partial charge is 0.161 e. The Morgan fingerprint density at radius 2 is 1.33 bits per heavy atom. The Bertz CT molecular complexity index is 1440. The zero-order valence-electron chi connectivity index (χ0n) is 21.2. The minimum absolute atomic E-state index is 0.226. The third-order valence-electron chi connectivity index (χ3n) is 7.65. The zero-order chi connectivity index (χ0) is 24.8. The highest BCUT2D eigenvalue weighted by molar-refractivity contribution is 6.01. The number of methoxy groups -OCH3 is 3. The minimum atomic E-state index is 0.226. The summed E-state index contributed by atoms with van der Waals surface area (Å²) in [6, 6.07) is 21.1. The number of anilines is 2. The first kappa shape index (κ1) is 22.5. The maximum atomic E-state index is 5.64. The second-order valence-corrected chi connectivity index (χ2v) is 9.41. The van der Waals surface area contributed by atoms with E-state index in [1.54, 1.807) is 21.3 Å². The van der Waals surface area contributed by atoms with Crippen LogP contribution in [0.1, 0.15) is 24.0 Å². The number of para-hydroxylation sites is 2. The van der Waals surface area contributed by atoms with E-state index < -0.39 is 0 Å². The molecule has 6 nitrogen and oxygen atoms in total. The molecule has 6 heteroatoms. The topological polar surface area (TPSA) is 47.1 Å². The van der Waals surface area contributed by atoms with Crippen LogP contribution in [0.25, 0.3) is 22.0 Å². The lowest BCUT2D eigenvalue weighted by molar-refractivity contribution is 0.354. The molecule has 0 amide bonds. The monoisotopic (exact) mass is 481 g/mol. The van der Waals surface area contributed by atoms with Gasteiger partial charge in [0.15, 0.2) is 11.5 Å². The Hall–Kier alpha value is -3.93. The van der Waals surface area contributed by atoms with Gasteiger partial charge in [-0.2, -0.15) is 0 Å². The van der Waals surface area contributed by atoms with Gasteiger partial charge in [-0.25, -0.2) is 4.98 Å². The van der Waals surface area contributed by atoms with Crippen LogP contribution in [0.2, 0.25) is 0 Å². The number of rotatable bonds is 5. The van der Waals surface area contributed by atoms with E-state index in [4.69, 9.17) is 19.2 Å². The number of fused-ring (bicyclic) bond motifs is 5. The second-order valence-electron chi connectivity index (χ2n) is 9.41. The van der Waals surface area contributed by atoms with E-state index >= 15 is 0 Å². The molecule has 1 aliphatic carbocycles. The van der Waals surface area contributed by atoms with Crippen molar-refractivity contribution in [1.82, 2.24) is 4.98 Å². The van der Waals surface area contributed by atoms with Crippen molar-refractivity contribution < 1.29 is 14.2 Å². The van der Waals surface area contributed by atoms with Gasteiger partial charge in [-0.3, -0.25) is 0 Å². The molecule has 0 bridgehead atoms. The van der Waals surface area contributed by atoms with Crippen molar-refractivity contribution in [3.8, 4) is 28.5 Å². The van der Waals surface area contributed by atoms with E-state index in [-0.39, 0.29) is 5.92 Å². The van der Waals surface area contributed by atoms with E-state index in [1.807, 2.05) is 12.1 Å². The van der Waals surface area contributed by atoms with Crippen molar-refractivity contribution >= 4 is 22.3 Å². The summed E-state index contributed by atoms with van der Waals surface area (Å²) in [7, 11) is 5.11. The number of hydrogen-bond acceptors (Lipinski definition) is 6. The van der Waals surface area contributed by atoms with Crippen molar-refractivity contribution in [3.63, 3.8) is 0 Å². The molecule has 4 aromatic rings. The molecule has 6 rings (SSSR count). The first-order chi connectivity index (χ1) is 17.6. The molecule has 2 aliphatic rings. The number of hydrogen-bond donors (Lipinski definition) is 0. The van der Waals surface area contributed by atoms with Crippen LogP contribution in [0.3, 0.4) is 0 Å². The second kappa shape index (κ2) is 8.94. The van der Waals surface area contributed by atoms with Crippen LogP contribution in [0.15, 0.2) is 60.7 Å². The van der Waals surface area contributed by atoms with E-state index in [1.165, 1.54) is 21.9 Å². The Kier molecular flexibility index (Phi) is 5.59. The predicted octanol–water partition coefficient (Wildman–Crippen LogP) is 5.72. The Balaban J connectivity index is 1.41. The fourth-order valence-corrected chi connectivity index (χ4v) is 5.82. The lowest BCUT2D eigenvalue weighted by Crippen LogP contribution is -2.47. The van der Waals surface area contributed by atoms with E-state index in [9.17, 15) is 0 Å². The van der Waals surface area contributed by atoms with Crippen molar-refractivity contribution in [2.45, 2.75) is 12.8 Å². The van der Waals surface area contributed by atoms with Crippen LogP contribution < -0.4 is 24.0 Å². The van der Waals surface area contributed by atoms with Gasteiger partial charge in [-0.05, 0) is 40.8 Å². The Labute approximate surface area is 212 Å². The van der Waals surface area contributed by atoms with Crippen LogP contribution in [-0.2, 0) is 0 Å². The molecule has 1 unspecified atom stereocenters. The largest absolute Gasteiger partial charge is 0.495 e. The summed E-state index contributed by atoms with van der Waals surface area (Å²) in [5.74, 6) is 3.69. The average Bonchev–Trinajstić information content (AvgIpc) is 3.22. The summed E-state index contributed by atoms with van der Waals surface area (Å²) < 4.78 is 16.9. The highest BCUT2D eigenvalue weighted by atomic mass is 16.5. The van der Waals surface area contributed by atoms with Gasteiger partial charge < -0.3 is 24.0 Å². The number of pyridine rings is 1. The molecular formula is C30H31N3O3. The molecule has 0 saturated carbocycles. The number of piperazine rings is 1. The minimum Gasteiger partial charge on any atom is -0.495 e. The molecule has 184 valence electrons. The van der Waals surface area contributed by atoms with E-state index in [2.05, 4.69) is 65.3 Å². The van der Waals surface area contributed by atoms with Gasteiger partial charge in [0.1, 0.15) is 11.6 Å². The van der Waals surface area contributed by atoms with Gasteiger partial charge in [-0.15, -0.1) is 0 Å². The van der Waals surface area contributed by atoms with Gasteiger partial charge in [0.05, 0.1) is 32.7 Å². The number of nitrogens with zero attached hydrogens (tertiary/aromatic N) is 3. The van der Waals surface area contributed by atoms with Crippen LogP contribution in [0, 0.1) is 0 Å². The molecule has 1 aliphatic heterocycles. The van der Waals surface area contributed by atoms with Gasteiger partial charge in [0.2, 0.25) is 0 Å². The first-order valence-electron chi connectivity index (χ1n) is 12.5. The predicted molar refractivity (Wildman–Crippen MR) is 145 cm³/mol. The van der Waals surface area contributed by atoms with Crippen LogP contribution in [0.5, 0.6) is 17.2 Å². The van der Waals surface area contributed by atoms with E-state index in [0.29, 0.717) is 0 Å². The molecule has 3 aromatic carbocycles. The molecule has 1 fully saturated rings. The molecule has 0 radical (unpaired) electrons. The summed E-state index contributed by atoms with van der Waals surface area (Å²) in [5, 5.41) is 2.48. The van der Waals surface area contributed by atoms with Gasteiger partial charge >= 0.3 is 0 Å². The van der Waals surface area contributed by atoms with Gasteiger partial charge in [-0.1, -0.05) is 43.3 Å². The summed E-state index contributed by atoms with van der Waals surface area (Å²) in [5.41, 5.74) is 5.86. The maximum absolute atomic E-state index is 5.64. The summed E-state index contributed by atoms with van der Waals surface area (Å²) in [6.07, 6.45) is 0. The van der Waals surface area contributed by atoms with Crippen LogP contribution in [-0.4, -0.2) is 52.5 Å². The first-order valence-corrected chi connectivity index (χ1v) is 12.5.